The van der Waals surface area contributed by atoms with Gasteiger partial charge in [-0.2, -0.15) is 0 Å². The highest BCUT2D eigenvalue weighted by Crippen LogP contribution is 2.28. The number of rotatable bonds is 7. The largest absolute Gasteiger partial charge is 0.466 e. The van der Waals surface area contributed by atoms with Gasteiger partial charge in [0.2, 0.25) is 0 Å². The fourth-order valence-corrected chi connectivity index (χ4v) is 2.97. The molecule has 2 unspecified atom stereocenters. The maximum Gasteiger partial charge on any atom is 0.305 e. The van der Waals surface area contributed by atoms with Crippen LogP contribution in [0.3, 0.4) is 0 Å². The Morgan fingerprint density at radius 1 is 1.26 bits per heavy atom. The minimum absolute atomic E-state index is 0.0648. The lowest BCUT2D eigenvalue weighted by Crippen LogP contribution is -2.29. The van der Waals surface area contributed by atoms with Crippen molar-refractivity contribution in [3.05, 3.63) is 0 Å². The predicted octanol–water partition coefficient (Wildman–Crippen LogP) is 3.52. The fourth-order valence-electron chi connectivity index (χ4n) is 2.97. The Morgan fingerprint density at radius 3 is 2.74 bits per heavy atom. The third-order valence-corrected chi connectivity index (χ3v) is 4.25. The maximum absolute atomic E-state index is 11.2. The van der Waals surface area contributed by atoms with Crippen molar-refractivity contribution in [1.29, 1.82) is 0 Å². The van der Waals surface area contributed by atoms with E-state index in [0.29, 0.717) is 19.1 Å². The molecule has 1 saturated carbocycles. The van der Waals surface area contributed by atoms with E-state index in [0.717, 1.165) is 24.8 Å². The highest BCUT2D eigenvalue weighted by Gasteiger charge is 2.20. The molecule has 0 aliphatic heterocycles. The van der Waals surface area contributed by atoms with Gasteiger partial charge < -0.3 is 10.1 Å². The van der Waals surface area contributed by atoms with Crippen molar-refractivity contribution >= 4 is 5.97 Å². The summed E-state index contributed by atoms with van der Waals surface area (Å²) in [4.78, 5) is 11.2. The summed E-state index contributed by atoms with van der Waals surface area (Å²) in [5, 5.41) is 3.61. The van der Waals surface area contributed by atoms with E-state index in [9.17, 15) is 4.79 Å². The van der Waals surface area contributed by atoms with Gasteiger partial charge in [-0.3, -0.25) is 4.79 Å². The summed E-state index contributed by atoms with van der Waals surface area (Å²) in [6.07, 6.45) is 8.11. The van der Waals surface area contributed by atoms with Gasteiger partial charge >= 0.3 is 5.97 Å². The molecule has 3 nitrogen and oxygen atoms in total. The molecule has 0 aromatic rings. The van der Waals surface area contributed by atoms with E-state index in [1.807, 2.05) is 6.92 Å². The second-order valence-corrected chi connectivity index (χ2v) is 6.07. The number of nitrogens with one attached hydrogen (secondary N) is 1. The van der Waals surface area contributed by atoms with Gasteiger partial charge in [-0.25, -0.2) is 0 Å². The van der Waals surface area contributed by atoms with Crippen LogP contribution in [-0.2, 0) is 9.53 Å². The van der Waals surface area contributed by atoms with Crippen molar-refractivity contribution in [2.45, 2.75) is 71.8 Å². The van der Waals surface area contributed by atoms with E-state index in [1.165, 1.54) is 32.1 Å². The average molecular weight is 269 g/mol. The van der Waals surface area contributed by atoms with E-state index in [2.05, 4.69) is 19.2 Å². The van der Waals surface area contributed by atoms with Gasteiger partial charge in [0.1, 0.15) is 0 Å². The molecule has 1 aliphatic rings. The van der Waals surface area contributed by atoms with Crippen LogP contribution >= 0.6 is 0 Å². The Hall–Kier alpha value is -0.570. The lowest BCUT2D eigenvalue weighted by Gasteiger charge is -2.19. The number of ether oxygens (including phenoxy) is 1. The topological polar surface area (TPSA) is 38.3 Å². The molecule has 0 heterocycles. The molecule has 0 radical (unpaired) electrons. The monoisotopic (exact) mass is 269 g/mol. The van der Waals surface area contributed by atoms with Crippen LogP contribution in [0.1, 0.15) is 65.7 Å². The van der Waals surface area contributed by atoms with E-state index >= 15 is 0 Å². The van der Waals surface area contributed by atoms with Crippen molar-refractivity contribution in [2.75, 3.05) is 13.2 Å². The lowest BCUT2D eigenvalue weighted by atomic mass is 9.89. The molecule has 19 heavy (non-hydrogen) atoms. The van der Waals surface area contributed by atoms with Crippen molar-refractivity contribution in [3.8, 4) is 0 Å². The maximum atomic E-state index is 11.2. The van der Waals surface area contributed by atoms with Gasteiger partial charge in [0, 0.05) is 12.5 Å². The number of esters is 1. The SMILES string of the molecule is CCOC(=O)CCCNC1CCCC(C(C)C)CC1. The number of carbonyl (C=O) groups is 1. The summed E-state index contributed by atoms with van der Waals surface area (Å²) in [6.45, 7) is 7.98. The van der Waals surface area contributed by atoms with Crippen molar-refractivity contribution in [2.24, 2.45) is 11.8 Å². The van der Waals surface area contributed by atoms with E-state index in [4.69, 9.17) is 4.74 Å². The van der Waals surface area contributed by atoms with Crippen molar-refractivity contribution in [1.82, 2.24) is 5.32 Å². The molecule has 1 aliphatic carbocycles. The Balaban J connectivity index is 2.11. The van der Waals surface area contributed by atoms with Crippen LogP contribution in [0.4, 0.5) is 0 Å². The quantitative estimate of drug-likeness (QED) is 0.436. The Morgan fingerprint density at radius 2 is 2.05 bits per heavy atom. The molecule has 3 heteroatoms. The molecule has 2 atom stereocenters. The van der Waals surface area contributed by atoms with Crippen LogP contribution < -0.4 is 5.32 Å². The normalized spacial score (nSPS) is 24.2. The second kappa shape index (κ2) is 9.35. The van der Waals surface area contributed by atoms with Crippen LogP contribution in [-0.4, -0.2) is 25.2 Å². The van der Waals surface area contributed by atoms with Gasteiger partial charge in [-0.05, 0) is 51.0 Å². The Bertz CT molecular complexity index is 253. The molecule has 1 fully saturated rings. The third-order valence-electron chi connectivity index (χ3n) is 4.25. The first-order chi connectivity index (χ1) is 9.13. The summed E-state index contributed by atoms with van der Waals surface area (Å²) in [5.41, 5.74) is 0. The summed E-state index contributed by atoms with van der Waals surface area (Å²) in [7, 11) is 0. The van der Waals surface area contributed by atoms with Gasteiger partial charge in [-0.15, -0.1) is 0 Å². The number of hydrogen-bond donors (Lipinski definition) is 1. The first-order valence-corrected chi connectivity index (χ1v) is 8.02. The van der Waals surface area contributed by atoms with Crippen LogP contribution in [0.25, 0.3) is 0 Å². The van der Waals surface area contributed by atoms with E-state index in [1.54, 1.807) is 0 Å². The van der Waals surface area contributed by atoms with Gasteiger partial charge in [-0.1, -0.05) is 26.7 Å². The molecular formula is C16H31NO2. The van der Waals surface area contributed by atoms with Crippen molar-refractivity contribution < 1.29 is 9.53 Å². The number of carbonyl (C=O) groups excluding carboxylic acids is 1. The van der Waals surface area contributed by atoms with Crippen LogP contribution in [0.2, 0.25) is 0 Å². The highest BCUT2D eigenvalue weighted by molar-refractivity contribution is 5.69. The van der Waals surface area contributed by atoms with E-state index < -0.39 is 0 Å². The van der Waals surface area contributed by atoms with Crippen LogP contribution in [0.15, 0.2) is 0 Å². The Labute approximate surface area is 118 Å². The first kappa shape index (κ1) is 16.5. The zero-order valence-electron chi connectivity index (χ0n) is 12.9. The Kier molecular flexibility index (Phi) is 8.11. The number of hydrogen-bond acceptors (Lipinski definition) is 3. The zero-order valence-corrected chi connectivity index (χ0v) is 12.9. The molecule has 1 rings (SSSR count). The third kappa shape index (κ3) is 6.95. The van der Waals surface area contributed by atoms with Gasteiger partial charge in [0.25, 0.3) is 0 Å². The molecule has 0 amide bonds. The fraction of sp³-hybridized carbons (Fsp3) is 0.938. The molecular weight excluding hydrogens is 238 g/mol. The average Bonchev–Trinajstić information content (AvgIpc) is 2.60. The summed E-state index contributed by atoms with van der Waals surface area (Å²) in [5.74, 6) is 1.67. The lowest BCUT2D eigenvalue weighted by molar-refractivity contribution is -0.143. The molecule has 0 aromatic carbocycles. The molecule has 0 spiro atoms. The highest BCUT2D eigenvalue weighted by atomic mass is 16.5. The smallest absolute Gasteiger partial charge is 0.305 e. The van der Waals surface area contributed by atoms with Crippen LogP contribution in [0.5, 0.6) is 0 Å². The molecule has 0 saturated heterocycles. The minimum atomic E-state index is -0.0648. The molecule has 112 valence electrons. The summed E-state index contributed by atoms with van der Waals surface area (Å²) in [6, 6.07) is 0.658. The first-order valence-electron chi connectivity index (χ1n) is 8.02. The van der Waals surface area contributed by atoms with Crippen LogP contribution in [0, 0.1) is 11.8 Å². The standard InChI is InChI=1S/C16H31NO2/c1-4-19-16(18)9-6-12-17-15-8-5-7-14(10-11-15)13(2)3/h13-15,17H,4-12H2,1-3H3. The predicted molar refractivity (Wildman–Crippen MR) is 79.1 cm³/mol. The zero-order chi connectivity index (χ0) is 14.1. The van der Waals surface area contributed by atoms with Gasteiger partial charge in [0.15, 0.2) is 0 Å². The molecule has 0 bridgehead atoms. The molecule has 1 N–H and O–H groups in total. The minimum Gasteiger partial charge on any atom is -0.466 e. The van der Waals surface area contributed by atoms with Gasteiger partial charge in [0.05, 0.1) is 6.61 Å². The second-order valence-electron chi connectivity index (χ2n) is 6.07. The molecule has 0 aromatic heterocycles. The summed E-state index contributed by atoms with van der Waals surface area (Å²) < 4.78 is 4.93. The van der Waals surface area contributed by atoms with Crippen molar-refractivity contribution in [3.63, 3.8) is 0 Å². The summed E-state index contributed by atoms with van der Waals surface area (Å²) >= 11 is 0. The van der Waals surface area contributed by atoms with E-state index in [-0.39, 0.29) is 5.97 Å².